The van der Waals surface area contributed by atoms with Gasteiger partial charge in [-0.1, -0.05) is 0 Å². The third-order valence-electron chi connectivity index (χ3n) is 3.00. The van der Waals surface area contributed by atoms with E-state index < -0.39 is 0 Å². The van der Waals surface area contributed by atoms with Gasteiger partial charge in [0.05, 0.1) is 13.2 Å². The minimum Gasteiger partial charge on any atom is -0.490 e. The first-order chi connectivity index (χ1) is 9.99. The molecule has 0 spiro atoms. The Labute approximate surface area is 132 Å². The van der Waals surface area contributed by atoms with E-state index in [2.05, 4.69) is 0 Å². The smallest absolute Gasteiger partial charge is 0.253 e. The van der Waals surface area contributed by atoms with Crippen molar-refractivity contribution < 1.29 is 14.3 Å². The molecule has 0 aliphatic rings. The maximum Gasteiger partial charge on any atom is 0.253 e. The highest BCUT2D eigenvalue weighted by molar-refractivity contribution is 6.20. The summed E-state index contributed by atoms with van der Waals surface area (Å²) in [7, 11) is 1.78. The second-order valence-electron chi connectivity index (χ2n) is 4.82. The zero-order valence-corrected chi connectivity index (χ0v) is 13.9. The molecule has 0 saturated heterocycles. The Morgan fingerprint density at radius 1 is 1.24 bits per heavy atom. The van der Waals surface area contributed by atoms with E-state index in [0.717, 1.165) is 6.42 Å². The van der Waals surface area contributed by atoms with E-state index in [4.69, 9.17) is 21.1 Å². The van der Waals surface area contributed by atoms with Crippen LogP contribution in [-0.2, 0) is 0 Å². The molecule has 0 aromatic heterocycles. The second kappa shape index (κ2) is 8.78. The van der Waals surface area contributed by atoms with E-state index in [1.54, 1.807) is 30.1 Å². The monoisotopic (exact) mass is 313 g/mol. The van der Waals surface area contributed by atoms with Gasteiger partial charge in [-0.25, -0.2) is 0 Å². The minimum absolute atomic E-state index is 0.0451. The molecular weight excluding hydrogens is 290 g/mol. The lowest BCUT2D eigenvalue weighted by Crippen LogP contribution is -2.28. The Morgan fingerprint density at radius 2 is 1.86 bits per heavy atom. The van der Waals surface area contributed by atoms with Gasteiger partial charge in [0.2, 0.25) is 0 Å². The van der Waals surface area contributed by atoms with Gasteiger partial charge >= 0.3 is 0 Å². The summed E-state index contributed by atoms with van der Waals surface area (Å²) in [6.07, 6.45) is 0.763. The highest BCUT2D eigenvalue weighted by Crippen LogP contribution is 2.29. The molecule has 1 aromatic carbocycles. The quantitative estimate of drug-likeness (QED) is 0.689. The number of alkyl halides is 1. The Bertz CT molecular complexity index is 463. The van der Waals surface area contributed by atoms with E-state index in [-0.39, 0.29) is 11.3 Å². The van der Waals surface area contributed by atoms with Crippen LogP contribution in [0.5, 0.6) is 11.5 Å². The molecule has 4 nitrogen and oxygen atoms in total. The Balaban J connectivity index is 2.86. The summed E-state index contributed by atoms with van der Waals surface area (Å²) in [6, 6.07) is 5.27. The Morgan fingerprint density at radius 3 is 2.43 bits per heavy atom. The predicted molar refractivity (Wildman–Crippen MR) is 85.7 cm³/mol. The molecule has 0 radical (unpaired) electrons. The van der Waals surface area contributed by atoms with Crippen molar-refractivity contribution in [1.82, 2.24) is 4.90 Å². The molecule has 0 N–H and O–H groups in total. The number of ether oxygens (including phenoxy) is 2. The van der Waals surface area contributed by atoms with Crippen molar-refractivity contribution >= 4 is 17.5 Å². The molecule has 0 aliphatic carbocycles. The number of rotatable bonds is 8. The molecule has 0 saturated carbocycles. The molecule has 1 unspecified atom stereocenters. The van der Waals surface area contributed by atoms with Crippen LogP contribution in [0.4, 0.5) is 0 Å². The van der Waals surface area contributed by atoms with Crippen molar-refractivity contribution in [2.75, 3.05) is 26.8 Å². The van der Waals surface area contributed by atoms with Gasteiger partial charge < -0.3 is 14.4 Å². The number of amides is 1. The highest BCUT2D eigenvalue weighted by atomic mass is 35.5. The SMILES string of the molecule is CCOc1ccc(C(=O)N(C)CCC(C)Cl)cc1OCC. The van der Waals surface area contributed by atoms with Crippen LogP contribution in [-0.4, -0.2) is 43.0 Å². The number of carbonyl (C=O) groups excluding carboxylic acids is 1. The Kier molecular flexibility index (Phi) is 7.37. The molecule has 1 atom stereocenters. The first-order valence-corrected chi connectivity index (χ1v) is 7.72. The zero-order valence-electron chi connectivity index (χ0n) is 13.2. The number of halogens is 1. The molecule has 0 aliphatic heterocycles. The van der Waals surface area contributed by atoms with E-state index in [1.807, 2.05) is 20.8 Å². The van der Waals surface area contributed by atoms with Crippen LogP contribution in [0.25, 0.3) is 0 Å². The third kappa shape index (κ3) is 5.46. The van der Waals surface area contributed by atoms with Crippen LogP contribution < -0.4 is 9.47 Å². The van der Waals surface area contributed by atoms with Crippen LogP contribution in [0.2, 0.25) is 0 Å². The summed E-state index contributed by atoms with van der Waals surface area (Å²) < 4.78 is 11.0. The lowest BCUT2D eigenvalue weighted by Gasteiger charge is -2.19. The van der Waals surface area contributed by atoms with E-state index in [1.165, 1.54) is 0 Å². The van der Waals surface area contributed by atoms with Gasteiger partial charge in [0.25, 0.3) is 5.91 Å². The second-order valence-corrected chi connectivity index (χ2v) is 5.57. The fourth-order valence-corrected chi connectivity index (χ4v) is 1.98. The number of nitrogens with zero attached hydrogens (tertiary/aromatic N) is 1. The van der Waals surface area contributed by atoms with Crippen molar-refractivity contribution in [3.05, 3.63) is 23.8 Å². The molecule has 0 bridgehead atoms. The van der Waals surface area contributed by atoms with Crippen LogP contribution in [0.1, 0.15) is 37.6 Å². The number of hydrogen-bond acceptors (Lipinski definition) is 3. The number of benzene rings is 1. The molecule has 1 amide bonds. The lowest BCUT2D eigenvalue weighted by atomic mass is 10.1. The van der Waals surface area contributed by atoms with Gasteiger partial charge in [0.15, 0.2) is 11.5 Å². The maximum absolute atomic E-state index is 12.4. The summed E-state index contributed by atoms with van der Waals surface area (Å²) in [5.41, 5.74) is 0.589. The van der Waals surface area contributed by atoms with Crippen molar-refractivity contribution in [3.63, 3.8) is 0 Å². The molecule has 1 aromatic rings. The van der Waals surface area contributed by atoms with Crippen LogP contribution in [0.15, 0.2) is 18.2 Å². The standard InChI is InChI=1S/C16H24ClNO3/c1-5-20-14-8-7-13(11-15(14)21-6-2)16(19)18(4)10-9-12(3)17/h7-8,11-12H,5-6,9-10H2,1-4H3. The van der Waals surface area contributed by atoms with Gasteiger partial charge in [-0.3, -0.25) is 4.79 Å². The average molecular weight is 314 g/mol. The highest BCUT2D eigenvalue weighted by Gasteiger charge is 2.15. The van der Waals surface area contributed by atoms with Gasteiger partial charge in [0, 0.05) is 24.5 Å². The number of carbonyl (C=O) groups is 1. The first kappa shape index (κ1) is 17.6. The molecule has 0 fully saturated rings. The zero-order chi connectivity index (χ0) is 15.8. The predicted octanol–water partition coefficient (Wildman–Crippen LogP) is 3.57. The van der Waals surface area contributed by atoms with E-state index in [0.29, 0.717) is 36.8 Å². The van der Waals surface area contributed by atoms with E-state index >= 15 is 0 Å². The van der Waals surface area contributed by atoms with Gasteiger partial charge in [0.1, 0.15) is 0 Å². The van der Waals surface area contributed by atoms with Gasteiger partial charge in [-0.05, 0) is 45.4 Å². The summed E-state index contributed by atoms with van der Waals surface area (Å²) in [5.74, 6) is 1.22. The van der Waals surface area contributed by atoms with Crippen molar-refractivity contribution in [2.45, 2.75) is 32.6 Å². The summed E-state index contributed by atoms with van der Waals surface area (Å²) >= 11 is 5.92. The fourth-order valence-electron chi connectivity index (χ4n) is 1.88. The first-order valence-electron chi connectivity index (χ1n) is 7.28. The van der Waals surface area contributed by atoms with Gasteiger partial charge in [-0.2, -0.15) is 0 Å². The van der Waals surface area contributed by atoms with Crippen molar-refractivity contribution in [2.24, 2.45) is 0 Å². The Hall–Kier alpha value is -1.42. The summed E-state index contributed by atoms with van der Waals surface area (Å²) in [6.45, 7) is 7.44. The fraction of sp³-hybridized carbons (Fsp3) is 0.562. The van der Waals surface area contributed by atoms with E-state index in [9.17, 15) is 4.79 Å². The van der Waals surface area contributed by atoms with Crippen molar-refractivity contribution in [1.29, 1.82) is 0 Å². The minimum atomic E-state index is -0.0451. The van der Waals surface area contributed by atoms with Crippen LogP contribution in [0, 0.1) is 0 Å². The molecule has 21 heavy (non-hydrogen) atoms. The summed E-state index contributed by atoms with van der Waals surface area (Å²) in [5, 5.41) is 0.0552. The normalized spacial score (nSPS) is 11.9. The molecule has 118 valence electrons. The summed E-state index contributed by atoms with van der Waals surface area (Å²) in [4.78, 5) is 14.0. The molecule has 5 heteroatoms. The van der Waals surface area contributed by atoms with Crippen molar-refractivity contribution in [3.8, 4) is 11.5 Å². The maximum atomic E-state index is 12.4. The lowest BCUT2D eigenvalue weighted by molar-refractivity contribution is 0.0793. The molecule has 0 heterocycles. The van der Waals surface area contributed by atoms with Crippen LogP contribution >= 0.6 is 11.6 Å². The van der Waals surface area contributed by atoms with Gasteiger partial charge in [-0.15, -0.1) is 11.6 Å². The largest absolute Gasteiger partial charge is 0.490 e. The average Bonchev–Trinajstić information content (AvgIpc) is 2.46. The molecule has 1 rings (SSSR count). The van der Waals surface area contributed by atoms with Crippen LogP contribution in [0.3, 0.4) is 0 Å². The molecular formula is C16H24ClNO3. The topological polar surface area (TPSA) is 38.8 Å². The third-order valence-corrected chi connectivity index (χ3v) is 3.22. The number of hydrogen-bond donors (Lipinski definition) is 0.